The number of ether oxygens (including phenoxy) is 1. The van der Waals surface area contributed by atoms with Crippen LogP contribution in [0.2, 0.25) is 0 Å². The number of nitriles is 1. The van der Waals surface area contributed by atoms with Gasteiger partial charge in [0.1, 0.15) is 5.60 Å². The third kappa shape index (κ3) is 3.34. The zero-order chi connectivity index (χ0) is 20.7. The number of hydrogen-bond acceptors (Lipinski definition) is 5. The van der Waals surface area contributed by atoms with Crippen molar-refractivity contribution in [1.29, 1.82) is 5.26 Å². The molecule has 3 aliphatic rings. The number of alkyl halides is 3. The van der Waals surface area contributed by atoms with Crippen molar-refractivity contribution in [3.8, 4) is 6.07 Å². The molecule has 0 aromatic heterocycles. The van der Waals surface area contributed by atoms with Gasteiger partial charge in [0.15, 0.2) is 0 Å². The molecule has 0 aromatic carbocycles. The van der Waals surface area contributed by atoms with Crippen LogP contribution in [0.5, 0.6) is 0 Å². The minimum absolute atomic E-state index is 0.0212. The molecule has 0 bridgehead atoms. The first-order chi connectivity index (χ1) is 13.1. The van der Waals surface area contributed by atoms with Crippen LogP contribution in [0, 0.1) is 40.9 Å². The molecule has 1 heterocycles. The van der Waals surface area contributed by atoms with Crippen LogP contribution in [0.3, 0.4) is 0 Å². The normalized spacial score (nSPS) is 45.3. The van der Waals surface area contributed by atoms with Crippen LogP contribution in [-0.2, 0) is 9.62 Å². The largest absolute Gasteiger partial charge is 0.391 e. The Morgan fingerprint density at radius 1 is 1.32 bits per heavy atom. The molecule has 1 aliphatic heterocycles. The standard InChI is InChI=1S/C20H31F3N2O3/c1-3-15-4-5-16-12(2)6-7-18(25,19(16,28-26)11-27-15)17(10-24)13-8-14(9-13)20(21,22)23/h12-17,26H,3-9,11,25H2,1-2H3/t12-,13?,14?,15+,16?,17+,18-,19-/m1/s1. The van der Waals surface area contributed by atoms with E-state index in [1.807, 2.05) is 6.92 Å². The lowest BCUT2D eigenvalue weighted by Gasteiger charge is -2.58. The minimum Gasteiger partial charge on any atom is -0.375 e. The van der Waals surface area contributed by atoms with Crippen molar-refractivity contribution in [2.24, 2.45) is 35.3 Å². The van der Waals surface area contributed by atoms with E-state index in [0.717, 1.165) is 25.7 Å². The van der Waals surface area contributed by atoms with Gasteiger partial charge < -0.3 is 10.5 Å². The van der Waals surface area contributed by atoms with Gasteiger partial charge >= 0.3 is 6.18 Å². The summed E-state index contributed by atoms with van der Waals surface area (Å²) in [6, 6.07) is 2.20. The Morgan fingerprint density at radius 2 is 2.00 bits per heavy atom. The number of nitrogens with zero attached hydrogens (tertiary/aromatic N) is 1. The predicted octanol–water partition coefficient (Wildman–Crippen LogP) is 4.28. The molecule has 3 rings (SSSR count). The molecule has 5 nitrogen and oxygen atoms in total. The minimum atomic E-state index is -4.24. The first kappa shape index (κ1) is 21.8. The van der Waals surface area contributed by atoms with Crippen molar-refractivity contribution in [2.75, 3.05) is 6.61 Å². The smallest absolute Gasteiger partial charge is 0.375 e. The molecule has 0 radical (unpaired) electrons. The maximum atomic E-state index is 13.0. The van der Waals surface area contributed by atoms with E-state index < -0.39 is 35.1 Å². The first-order valence-electron chi connectivity index (χ1n) is 10.3. The second-order valence-electron chi connectivity index (χ2n) is 9.14. The Labute approximate surface area is 164 Å². The molecule has 8 heteroatoms. The Kier molecular flexibility index (Phi) is 6.04. The molecule has 1 saturated heterocycles. The lowest BCUT2D eigenvalue weighted by atomic mass is 9.51. The summed E-state index contributed by atoms with van der Waals surface area (Å²) in [5.41, 5.74) is 4.30. The number of nitrogens with two attached hydrogens (primary N) is 1. The summed E-state index contributed by atoms with van der Waals surface area (Å²) >= 11 is 0. The van der Waals surface area contributed by atoms with Gasteiger partial charge in [0.25, 0.3) is 0 Å². The van der Waals surface area contributed by atoms with Gasteiger partial charge in [0.2, 0.25) is 0 Å². The van der Waals surface area contributed by atoms with Crippen LogP contribution in [0.25, 0.3) is 0 Å². The molecule has 3 fully saturated rings. The van der Waals surface area contributed by atoms with Gasteiger partial charge in [-0.2, -0.15) is 18.4 Å². The molecular formula is C20H31F3N2O3. The average molecular weight is 404 g/mol. The molecule has 0 spiro atoms. The van der Waals surface area contributed by atoms with Gasteiger partial charge in [-0.3, -0.25) is 5.26 Å². The van der Waals surface area contributed by atoms with Crippen molar-refractivity contribution in [2.45, 2.75) is 82.2 Å². The Hall–Kier alpha value is -0.880. The second kappa shape index (κ2) is 7.75. The van der Waals surface area contributed by atoms with Crippen LogP contribution >= 0.6 is 0 Å². The highest BCUT2D eigenvalue weighted by atomic mass is 19.4. The summed E-state index contributed by atoms with van der Waals surface area (Å²) in [5.74, 6) is -2.55. The average Bonchev–Trinajstić information content (AvgIpc) is 2.80. The fraction of sp³-hybridized carbons (Fsp3) is 0.950. The Balaban J connectivity index is 1.92. The van der Waals surface area contributed by atoms with Crippen LogP contribution < -0.4 is 5.73 Å². The second-order valence-corrected chi connectivity index (χ2v) is 9.14. The van der Waals surface area contributed by atoms with Crippen LogP contribution in [0.4, 0.5) is 13.2 Å². The monoisotopic (exact) mass is 404 g/mol. The molecule has 1 unspecified atom stereocenters. The van der Waals surface area contributed by atoms with Gasteiger partial charge in [0, 0.05) is 0 Å². The van der Waals surface area contributed by atoms with E-state index in [1.165, 1.54) is 0 Å². The van der Waals surface area contributed by atoms with Crippen LogP contribution in [0.15, 0.2) is 0 Å². The van der Waals surface area contributed by atoms with Crippen molar-refractivity contribution in [3.05, 3.63) is 0 Å². The summed E-state index contributed by atoms with van der Waals surface area (Å²) in [4.78, 5) is 5.11. The molecule has 0 aromatic rings. The molecule has 3 N–H and O–H groups in total. The highest BCUT2D eigenvalue weighted by Crippen LogP contribution is 2.57. The highest BCUT2D eigenvalue weighted by molar-refractivity contribution is 5.21. The van der Waals surface area contributed by atoms with E-state index in [-0.39, 0.29) is 37.4 Å². The number of rotatable bonds is 4. The Bertz CT molecular complexity index is 604. The van der Waals surface area contributed by atoms with E-state index in [1.54, 1.807) is 0 Å². The molecule has 28 heavy (non-hydrogen) atoms. The molecule has 2 aliphatic carbocycles. The zero-order valence-electron chi connectivity index (χ0n) is 16.5. The topological polar surface area (TPSA) is 88.5 Å². The summed E-state index contributed by atoms with van der Waals surface area (Å²) in [6.07, 6.45) is -0.885. The zero-order valence-corrected chi connectivity index (χ0v) is 16.5. The number of hydrogen-bond donors (Lipinski definition) is 2. The number of fused-ring (bicyclic) bond motifs is 1. The first-order valence-corrected chi connectivity index (χ1v) is 10.3. The van der Waals surface area contributed by atoms with Crippen molar-refractivity contribution < 1.29 is 28.1 Å². The van der Waals surface area contributed by atoms with E-state index in [4.69, 9.17) is 15.4 Å². The lowest BCUT2D eigenvalue weighted by molar-refractivity contribution is -0.380. The van der Waals surface area contributed by atoms with E-state index in [0.29, 0.717) is 6.42 Å². The third-order valence-corrected chi connectivity index (χ3v) is 7.84. The van der Waals surface area contributed by atoms with Crippen molar-refractivity contribution in [1.82, 2.24) is 0 Å². The summed E-state index contributed by atoms with van der Waals surface area (Å²) in [5, 5.41) is 20.0. The fourth-order valence-electron chi connectivity index (χ4n) is 5.90. The quantitative estimate of drug-likeness (QED) is 0.539. The molecule has 6 atom stereocenters. The van der Waals surface area contributed by atoms with Crippen LogP contribution in [-0.4, -0.2) is 35.3 Å². The maximum Gasteiger partial charge on any atom is 0.391 e. The highest BCUT2D eigenvalue weighted by Gasteiger charge is 2.66. The van der Waals surface area contributed by atoms with Gasteiger partial charge in [0.05, 0.1) is 36.2 Å². The Morgan fingerprint density at radius 3 is 2.54 bits per heavy atom. The van der Waals surface area contributed by atoms with E-state index in [2.05, 4.69) is 13.0 Å². The summed E-state index contributed by atoms with van der Waals surface area (Å²) < 4.78 is 44.9. The van der Waals surface area contributed by atoms with Gasteiger partial charge in [-0.1, -0.05) is 13.8 Å². The predicted molar refractivity (Wildman–Crippen MR) is 95.9 cm³/mol. The van der Waals surface area contributed by atoms with Crippen LogP contribution in [0.1, 0.15) is 58.8 Å². The fourth-order valence-corrected chi connectivity index (χ4v) is 5.90. The van der Waals surface area contributed by atoms with Crippen molar-refractivity contribution in [3.63, 3.8) is 0 Å². The van der Waals surface area contributed by atoms with Gasteiger partial charge in [-0.25, -0.2) is 4.89 Å². The molecule has 160 valence electrons. The van der Waals surface area contributed by atoms with Crippen molar-refractivity contribution >= 4 is 0 Å². The summed E-state index contributed by atoms with van der Waals surface area (Å²) in [6.45, 7) is 4.16. The summed E-state index contributed by atoms with van der Waals surface area (Å²) in [7, 11) is 0. The number of halogens is 3. The lowest BCUT2D eigenvalue weighted by Crippen LogP contribution is -2.74. The maximum absolute atomic E-state index is 13.0. The molecular weight excluding hydrogens is 373 g/mol. The van der Waals surface area contributed by atoms with Gasteiger partial charge in [-0.05, 0) is 62.7 Å². The molecule has 2 saturated carbocycles. The van der Waals surface area contributed by atoms with E-state index in [9.17, 15) is 23.7 Å². The third-order valence-electron chi connectivity index (χ3n) is 7.84. The molecule has 0 amide bonds. The SMILES string of the molecule is CC[C@H]1CCC2[C@H](C)CC[C@@](N)([C@@H](C#N)C3CC(C(F)(F)F)C3)[C@@]2(OO)CO1. The van der Waals surface area contributed by atoms with Gasteiger partial charge in [-0.15, -0.1) is 0 Å². The van der Waals surface area contributed by atoms with E-state index >= 15 is 0 Å².